The lowest BCUT2D eigenvalue weighted by Crippen LogP contribution is -2.25. The van der Waals surface area contributed by atoms with Gasteiger partial charge in [-0.15, -0.1) is 0 Å². The average Bonchev–Trinajstić information content (AvgIpc) is 2.77. The summed E-state index contributed by atoms with van der Waals surface area (Å²) in [5, 5.41) is 6.12. The lowest BCUT2D eigenvalue weighted by Gasteiger charge is -2.04. The van der Waals surface area contributed by atoms with Gasteiger partial charge >= 0.3 is 0 Å². The number of H-pyrrole nitrogens is 1. The van der Waals surface area contributed by atoms with E-state index in [0.29, 0.717) is 13.2 Å². The molecule has 0 radical (unpaired) electrons. The first-order valence-electron chi connectivity index (χ1n) is 5.15. The van der Waals surface area contributed by atoms with Crippen molar-refractivity contribution >= 4 is 10.0 Å². The first-order chi connectivity index (χ1) is 7.67. The molecule has 0 spiro atoms. The molecule has 0 aliphatic rings. The molecule has 1 heterocycles. The molecule has 6 nitrogen and oxygen atoms in total. The van der Waals surface area contributed by atoms with Crippen LogP contribution in [-0.2, 0) is 14.8 Å². The lowest BCUT2D eigenvalue weighted by molar-refractivity contribution is 0.192. The molecule has 1 rings (SSSR count). The molecule has 0 unspecified atom stereocenters. The van der Waals surface area contributed by atoms with E-state index in [-0.39, 0.29) is 5.03 Å². The zero-order valence-electron chi connectivity index (χ0n) is 9.27. The predicted octanol–water partition coefficient (Wildman–Crippen LogP) is 0.505. The van der Waals surface area contributed by atoms with Crippen molar-refractivity contribution in [3.8, 4) is 0 Å². The lowest BCUT2D eigenvalue weighted by atomic mass is 10.2. The Labute approximate surface area is 95.4 Å². The van der Waals surface area contributed by atoms with Gasteiger partial charge in [0.25, 0.3) is 10.0 Å². The molecule has 0 bridgehead atoms. The van der Waals surface area contributed by atoms with Crippen LogP contribution < -0.4 is 4.72 Å². The number of aromatic amines is 1. The van der Waals surface area contributed by atoms with Crippen molar-refractivity contribution in [2.24, 2.45) is 0 Å². The van der Waals surface area contributed by atoms with Crippen molar-refractivity contribution in [2.45, 2.75) is 24.3 Å². The minimum atomic E-state index is -3.41. The zero-order chi connectivity index (χ0) is 11.9. The number of methoxy groups -OCH3 is 1. The fourth-order valence-corrected chi connectivity index (χ4v) is 2.21. The molecule has 0 atom stereocenters. The Morgan fingerprint density at radius 3 is 2.88 bits per heavy atom. The second-order valence-corrected chi connectivity index (χ2v) is 5.11. The predicted molar refractivity (Wildman–Crippen MR) is 59.5 cm³/mol. The van der Waals surface area contributed by atoms with Crippen molar-refractivity contribution in [2.75, 3.05) is 20.3 Å². The SMILES string of the molecule is COCCCCCNS(=O)(=O)c1ccn[nH]1. The standard InChI is InChI=1S/C9H17N3O3S/c1-15-8-4-2-3-6-11-16(13,14)9-5-7-10-12-9/h5,7,11H,2-4,6,8H2,1H3,(H,10,12). The monoisotopic (exact) mass is 247 g/mol. The minimum Gasteiger partial charge on any atom is -0.385 e. The Balaban J connectivity index is 2.22. The van der Waals surface area contributed by atoms with Crippen molar-refractivity contribution in [3.05, 3.63) is 12.3 Å². The maximum atomic E-state index is 11.6. The van der Waals surface area contributed by atoms with Gasteiger partial charge in [-0.3, -0.25) is 5.10 Å². The van der Waals surface area contributed by atoms with Crippen LogP contribution in [0.1, 0.15) is 19.3 Å². The summed E-state index contributed by atoms with van der Waals surface area (Å²) in [4.78, 5) is 0. The molecular weight excluding hydrogens is 230 g/mol. The fraction of sp³-hybridized carbons (Fsp3) is 0.667. The van der Waals surface area contributed by atoms with E-state index < -0.39 is 10.0 Å². The molecule has 2 N–H and O–H groups in total. The molecule has 92 valence electrons. The maximum Gasteiger partial charge on any atom is 0.257 e. The summed E-state index contributed by atoms with van der Waals surface area (Å²) >= 11 is 0. The van der Waals surface area contributed by atoms with E-state index in [1.54, 1.807) is 7.11 Å². The van der Waals surface area contributed by atoms with E-state index in [2.05, 4.69) is 14.9 Å². The van der Waals surface area contributed by atoms with Crippen LogP contribution in [0.5, 0.6) is 0 Å². The molecule has 0 saturated heterocycles. The molecule has 0 aliphatic carbocycles. The number of unbranched alkanes of at least 4 members (excludes halogenated alkanes) is 2. The number of ether oxygens (including phenoxy) is 1. The molecule has 0 aliphatic heterocycles. The fourth-order valence-electron chi connectivity index (χ4n) is 1.23. The number of aromatic nitrogens is 2. The minimum absolute atomic E-state index is 0.101. The van der Waals surface area contributed by atoms with E-state index in [1.165, 1.54) is 12.3 Å². The third kappa shape index (κ3) is 4.30. The van der Waals surface area contributed by atoms with Gasteiger partial charge in [0, 0.05) is 20.3 Å². The summed E-state index contributed by atoms with van der Waals surface area (Å²) in [6, 6.07) is 1.42. The molecule has 0 aromatic carbocycles. The Hall–Kier alpha value is -0.920. The Morgan fingerprint density at radius 2 is 2.25 bits per heavy atom. The normalized spacial score (nSPS) is 11.8. The second-order valence-electron chi connectivity index (χ2n) is 3.37. The average molecular weight is 247 g/mol. The zero-order valence-corrected chi connectivity index (χ0v) is 10.1. The Kier molecular flexibility index (Phi) is 5.44. The number of rotatable bonds is 8. The van der Waals surface area contributed by atoms with E-state index in [4.69, 9.17) is 4.74 Å². The molecule has 0 saturated carbocycles. The van der Waals surface area contributed by atoms with Gasteiger partial charge in [-0.05, 0) is 25.3 Å². The summed E-state index contributed by atoms with van der Waals surface area (Å²) in [6.07, 6.45) is 4.10. The first-order valence-corrected chi connectivity index (χ1v) is 6.63. The van der Waals surface area contributed by atoms with E-state index in [9.17, 15) is 8.42 Å². The van der Waals surface area contributed by atoms with Gasteiger partial charge in [-0.2, -0.15) is 5.10 Å². The van der Waals surface area contributed by atoms with E-state index >= 15 is 0 Å². The van der Waals surface area contributed by atoms with Crippen molar-refractivity contribution in [1.82, 2.24) is 14.9 Å². The Bertz CT molecular complexity index is 375. The highest BCUT2D eigenvalue weighted by molar-refractivity contribution is 7.89. The maximum absolute atomic E-state index is 11.6. The number of hydrogen-bond acceptors (Lipinski definition) is 4. The van der Waals surface area contributed by atoms with Crippen LogP contribution in [0, 0.1) is 0 Å². The molecule has 16 heavy (non-hydrogen) atoms. The topological polar surface area (TPSA) is 84.1 Å². The highest BCUT2D eigenvalue weighted by Crippen LogP contribution is 2.02. The van der Waals surface area contributed by atoms with Crippen LogP contribution in [0.4, 0.5) is 0 Å². The van der Waals surface area contributed by atoms with Crippen LogP contribution in [0.2, 0.25) is 0 Å². The highest BCUT2D eigenvalue weighted by atomic mass is 32.2. The molecule has 7 heteroatoms. The Morgan fingerprint density at radius 1 is 1.44 bits per heavy atom. The van der Waals surface area contributed by atoms with Crippen molar-refractivity contribution in [1.29, 1.82) is 0 Å². The second kappa shape index (κ2) is 6.62. The molecule has 1 aromatic heterocycles. The number of nitrogens with zero attached hydrogens (tertiary/aromatic N) is 1. The van der Waals surface area contributed by atoms with Crippen LogP contribution >= 0.6 is 0 Å². The summed E-state index contributed by atoms with van der Waals surface area (Å²) in [5.74, 6) is 0. The summed E-state index contributed by atoms with van der Waals surface area (Å²) in [6.45, 7) is 1.15. The number of hydrogen-bond donors (Lipinski definition) is 2. The van der Waals surface area contributed by atoms with Crippen LogP contribution in [0.3, 0.4) is 0 Å². The largest absolute Gasteiger partial charge is 0.385 e. The smallest absolute Gasteiger partial charge is 0.257 e. The number of nitrogens with one attached hydrogen (secondary N) is 2. The molecule has 0 fully saturated rings. The van der Waals surface area contributed by atoms with Crippen molar-refractivity contribution in [3.63, 3.8) is 0 Å². The van der Waals surface area contributed by atoms with Crippen LogP contribution in [-0.4, -0.2) is 38.9 Å². The van der Waals surface area contributed by atoms with Crippen molar-refractivity contribution < 1.29 is 13.2 Å². The third-order valence-corrected chi connectivity index (χ3v) is 3.47. The van der Waals surface area contributed by atoms with E-state index in [0.717, 1.165) is 19.3 Å². The summed E-state index contributed by atoms with van der Waals surface area (Å²) in [7, 11) is -1.76. The van der Waals surface area contributed by atoms with Gasteiger partial charge < -0.3 is 4.74 Å². The quantitative estimate of drug-likeness (QED) is 0.655. The summed E-state index contributed by atoms with van der Waals surface area (Å²) < 4.78 is 30.5. The van der Waals surface area contributed by atoms with Gasteiger partial charge in [-0.1, -0.05) is 0 Å². The van der Waals surface area contributed by atoms with E-state index in [1.807, 2.05) is 0 Å². The molecule has 1 aromatic rings. The summed E-state index contributed by atoms with van der Waals surface area (Å²) in [5.41, 5.74) is 0. The first kappa shape index (κ1) is 13.1. The van der Waals surface area contributed by atoms with Gasteiger partial charge in [-0.25, -0.2) is 13.1 Å². The van der Waals surface area contributed by atoms with Gasteiger partial charge in [0.15, 0.2) is 5.03 Å². The van der Waals surface area contributed by atoms with Gasteiger partial charge in [0.1, 0.15) is 0 Å². The highest BCUT2D eigenvalue weighted by Gasteiger charge is 2.13. The molecule has 0 amide bonds. The van der Waals surface area contributed by atoms with Gasteiger partial charge in [0.2, 0.25) is 0 Å². The van der Waals surface area contributed by atoms with Gasteiger partial charge in [0.05, 0.1) is 6.20 Å². The molecular formula is C9H17N3O3S. The third-order valence-electron chi connectivity index (χ3n) is 2.08. The van der Waals surface area contributed by atoms with Crippen LogP contribution in [0.15, 0.2) is 17.3 Å². The van der Waals surface area contributed by atoms with Crippen LogP contribution in [0.25, 0.3) is 0 Å². The number of sulfonamides is 1.